The first kappa shape index (κ1) is 24.9. The number of benzene rings is 4. The fraction of sp³-hybridized carbons (Fsp3) is 0.250. The minimum Gasteiger partial charge on any atom is -0.506 e. The van der Waals surface area contributed by atoms with Gasteiger partial charge in [-0.25, -0.2) is 0 Å². The average molecular weight is 483 g/mol. The molecule has 0 aliphatic rings. The van der Waals surface area contributed by atoms with Crippen LogP contribution in [0.25, 0.3) is 0 Å². The summed E-state index contributed by atoms with van der Waals surface area (Å²) in [4.78, 5) is 1.49. The molecule has 0 fully saturated rings. The van der Waals surface area contributed by atoms with Gasteiger partial charge >= 0.3 is 0 Å². The van der Waals surface area contributed by atoms with Crippen LogP contribution in [0.1, 0.15) is 61.1 Å². The topological polar surface area (TPSA) is 40.5 Å². The van der Waals surface area contributed by atoms with Crippen LogP contribution in [0.3, 0.4) is 0 Å². The Hall–Kier alpha value is -3.17. The average Bonchev–Trinajstić information content (AvgIpc) is 2.84. The molecule has 0 aliphatic heterocycles. The highest BCUT2D eigenvalue weighted by atomic mass is 32.2. The maximum atomic E-state index is 11.4. The Morgan fingerprint density at radius 3 is 1.23 bits per heavy atom. The van der Waals surface area contributed by atoms with Gasteiger partial charge in [0.1, 0.15) is 11.5 Å². The molecule has 0 spiro atoms. The van der Waals surface area contributed by atoms with Crippen LogP contribution < -0.4 is 0 Å². The number of hydrogen-bond donors (Lipinski definition) is 2. The van der Waals surface area contributed by atoms with E-state index in [1.165, 1.54) is 11.8 Å². The third-order valence-corrected chi connectivity index (χ3v) is 8.06. The van der Waals surface area contributed by atoms with E-state index in [1.54, 1.807) is 0 Å². The van der Waals surface area contributed by atoms with Crippen molar-refractivity contribution in [3.05, 3.63) is 118 Å². The molecule has 0 saturated carbocycles. The van der Waals surface area contributed by atoms with E-state index in [4.69, 9.17) is 0 Å². The monoisotopic (exact) mass is 482 g/mol. The number of phenols is 2. The van der Waals surface area contributed by atoms with Gasteiger partial charge in [0.25, 0.3) is 0 Å². The second-order valence-corrected chi connectivity index (χ2v) is 11.5. The second kappa shape index (κ2) is 9.47. The summed E-state index contributed by atoms with van der Waals surface area (Å²) in [6, 6.07) is 28.6. The fourth-order valence-corrected chi connectivity index (χ4v) is 5.88. The van der Waals surface area contributed by atoms with E-state index in [-0.39, 0.29) is 22.3 Å². The molecule has 0 saturated heterocycles. The number of hydrogen-bond acceptors (Lipinski definition) is 3. The minimum absolute atomic E-state index is 0.263. The summed E-state index contributed by atoms with van der Waals surface area (Å²) in [6.45, 7) is 12.6. The van der Waals surface area contributed by atoms with Gasteiger partial charge in [0.2, 0.25) is 0 Å². The molecule has 0 amide bonds. The number of aryl methyl sites for hydroxylation is 2. The Morgan fingerprint density at radius 2 is 0.886 bits per heavy atom. The van der Waals surface area contributed by atoms with Crippen LogP contribution in [0, 0.1) is 13.8 Å². The maximum Gasteiger partial charge on any atom is 0.133 e. The number of rotatable bonds is 6. The van der Waals surface area contributed by atoms with Gasteiger partial charge in [-0.2, -0.15) is 0 Å². The normalized spacial score (nSPS) is 12.1. The lowest BCUT2D eigenvalue weighted by atomic mass is 9.77. The summed E-state index contributed by atoms with van der Waals surface area (Å²) in [5, 5.41) is 22.9. The summed E-state index contributed by atoms with van der Waals surface area (Å²) < 4.78 is 0. The van der Waals surface area contributed by atoms with E-state index in [0.29, 0.717) is 0 Å². The molecule has 0 heterocycles. The lowest BCUT2D eigenvalue weighted by Gasteiger charge is -2.29. The lowest BCUT2D eigenvalue weighted by Crippen LogP contribution is -2.19. The molecule has 3 heteroatoms. The van der Waals surface area contributed by atoms with Crippen LogP contribution in [0.2, 0.25) is 0 Å². The van der Waals surface area contributed by atoms with Gasteiger partial charge < -0.3 is 10.2 Å². The van der Waals surface area contributed by atoms with Gasteiger partial charge in [0, 0.05) is 22.0 Å². The van der Waals surface area contributed by atoms with E-state index in [9.17, 15) is 10.2 Å². The Morgan fingerprint density at radius 1 is 0.543 bits per heavy atom. The molecule has 0 radical (unpaired) electrons. The summed E-state index contributed by atoms with van der Waals surface area (Å²) >= 11 is 1.42. The van der Waals surface area contributed by atoms with Crippen molar-refractivity contribution in [1.29, 1.82) is 0 Å². The predicted molar refractivity (Wildman–Crippen MR) is 147 cm³/mol. The van der Waals surface area contributed by atoms with Crippen LogP contribution in [-0.2, 0) is 10.8 Å². The van der Waals surface area contributed by atoms with Crippen molar-refractivity contribution in [2.75, 3.05) is 0 Å². The smallest absolute Gasteiger partial charge is 0.133 e. The molecule has 180 valence electrons. The van der Waals surface area contributed by atoms with Gasteiger partial charge in [0.05, 0.1) is 9.79 Å². The molecular formula is C32H34O2S. The van der Waals surface area contributed by atoms with Crippen molar-refractivity contribution < 1.29 is 10.2 Å². The third-order valence-electron chi connectivity index (χ3n) is 7.00. The van der Waals surface area contributed by atoms with Gasteiger partial charge in [0.15, 0.2) is 0 Å². The van der Waals surface area contributed by atoms with Gasteiger partial charge in [-0.15, -0.1) is 0 Å². The lowest BCUT2D eigenvalue weighted by molar-refractivity contribution is 0.438. The quantitative estimate of drug-likeness (QED) is 0.289. The maximum absolute atomic E-state index is 11.4. The molecule has 4 aromatic rings. The molecular weight excluding hydrogens is 448 g/mol. The SMILES string of the molecule is Cc1cc(Sc2cc(C)cc(C(C)(C)c3ccccc3)c2O)c(O)c(C(C)(C)c2ccccc2)c1. The highest BCUT2D eigenvalue weighted by Gasteiger charge is 2.30. The molecule has 0 aromatic heterocycles. The zero-order valence-electron chi connectivity index (χ0n) is 21.4. The van der Waals surface area contributed by atoms with Gasteiger partial charge in [-0.1, -0.05) is 112 Å². The van der Waals surface area contributed by atoms with Crippen molar-refractivity contribution in [3.8, 4) is 11.5 Å². The molecule has 35 heavy (non-hydrogen) atoms. The second-order valence-electron chi connectivity index (χ2n) is 10.4. The first-order chi connectivity index (χ1) is 16.5. The van der Waals surface area contributed by atoms with Crippen LogP contribution in [0.5, 0.6) is 11.5 Å². The molecule has 2 N–H and O–H groups in total. The Labute approximate surface area is 213 Å². The van der Waals surface area contributed by atoms with Crippen molar-refractivity contribution in [1.82, 2.24) is 0 Å². The Bertz CT molecular complexity index is 1230. The van der Waals surface area contributed by atoms with Crippen molar-refractivity contribution >= 4 is 11.8 Å². The van der Waals surface area contributed by atoms with Crippen LogP contribution >= 0.6 is 11.8 Å². The van der Waals surface area contributed by atoms with E-state index < -0.39 is 0 Å². The molecule has 0 unspecified atom stereocenters. The molecule has 2 nitrogen and oxygen atoms in total. The first-order valence-electron chi connectivity index (χ1n) is 12.0. The standard InChI is InChI=1S/C32H34O2S/c1-21-17-25(31(3,4)23-13-9-7-10-14-23)29(33)27(19-21)35-28-20-22(2)18-26(30(28)34)32(5,6)24-15-11-8-12-16-24/h7-20,33-34H,1-6H3. The molecule has 4 rings (SSSR count). The highest BCUT2D eigenvalue weighted by Crippen LogP contribution is 2.48. The van der Waals surface area contributed by atoms with E-state index in [1.807, 2.05) is 62.4 Å². The largest absolute Gasteiger partial charge is 0.506 e. The van der Waals surface area contributed by atoms with E-state index >= 15 is 0 Å². The van der Waals surface area contributed by atoms with Gasteiger partial charge in [-0.3, -0.25) is 0 Å². The molecule has 0 atom stereocenters. The predicted octanol–water partition coefficient (Wildman–Crippen LogP) is 8.52. The Balaban J connectivity index is 1.79. The summed E-state index contributed by atoms with van der Waals surface area (Å²) in [6.07, 6.45) is 0. The highest BCUT2D eigenvalue weighted by molar-refractivity contribution is 7.99. The van der Waals surface area contributed by atoms with E-state index in [2.05, 4.69) is 64.1 Å². The number of phenolic OH excluding ortho intramolecular Hbond substituents is 2. The molecule has 0 aliphatic carbocycles. The van der Waals surface area contributed by atoms with Crippen molar-refractivity contribution in [2.45, 2.75) is 62.2 Å². The number of aromatic hydroxyl groups is 2. The van der Waals surface area contributed by atoms with E-state index in [0.717, 1.165) is 43.2 Å². The zero-order valence-corrected chi connectivity index (χ0v) is 22.2. The summed E-state index contributed by atoms with van der Waals surface area (Å²) in [7, 11) is 0. The van der Waals surface area contributed by atoms with Crippen molar-refractivity contribution in [2.24, 2.45) is 0 Å². The zero-order chi connectivity index (χ0) is 25.4. The molecule has 0 bridgehead atoms. The fourth-order valence-electron chi connectivity index (χ4n) is 4.74. The minimum atomic E-state index is -0.373. The summed E-state index contributed by atoms with van der Waals surface area (Å²) in [5.41, 5.74) is 5.43. The third kappa shape index (κ3) is 4.83. The molecule has 4 aromatic carbocycles. The van der Waals surface area contributed by atoms with Crippen LogP contribution in [0.15, 0.2) is 94.7 Å². The van der Waals surface area contributed by atoms with Crippen molar-refractivity contribution in [3.63, 3.8) is 0 Å². The summed E-state index contributed by atoms with van der Waals surface area (Å²) in [5.74, 6) is 0.526. The first-order valence-corrected chi connectivity index (χ1v) is 12.8. The van der Waals surface area contributed by atoms with Crippen LogP contribution in [-0.4, -0.2) is 10.2 Å². The van der Waals surface area contributed by atoms with Gasteiger partial charge in [-0.05, 0) is 48.2 Å². The van der Waals surface area contributed by atoms with Crippen LogP contribution in [0.4, 0.5) is 0 Å². The Kier molecular flexibility index (Phi) is 6.75.